The predicted octanol–water partition coefficient (Wildman–Crippen LogP) is 2.27. The summed E-state index contributed by atoms with van der Waals surface area (Å²) < 4.78 is 62.1. The number of hydrogen-bond donors (Lipinski definition) is 4. The minimum atomic E-state index is -5.18. The van der Waals surface area contributed by atoms with Crippen LogP contribution in [0.4, 0.5) is 13.2 Å². The molecule has 0 bridgehead atoms. The van der Waals surface area contributed by atoms with Gasteiger partial charge in [-0.05, 0) is 77.9 Å². The van der Waals surface area contributed by atoms with E-state index in [0.717, 1.165) is 25.0 Å². The first-order valence-electron chi connectivity index (χ1n) is 11.6. The Labute approximate surface area is 235 Å². The van der Waals surface area contributed by atoms with Crippen LogP contribution < -0.4 is 21.1 Å². The monoisotopic (exact) mass is 680 g/mol. The number of Topliss-reactive ketones (excluding diaryl/α,β-unsaturated/α-hetero) is 1. The van der Waals surface area contributed by atoms with Crippen LogP contribution in [-0.4, -0.2) is 56.7 Å². The van der Waals surface area contributed by atoms with Gasteiger partial charge in [-0.2, -0.15) is 13.2 Å². The Kier molecular flexibility index (Phi) is 9.71. The van der Waals surface area contributed by atoms with Crippen LogP contribution in [0.15, 0.2) is 47.4 Å². The van der Waals surface area contributed by atoms with Gasteiger partial charge in [-0.1, -0.05) is 12.8 Å². The van der Waals surface area contributed by atoms with Crippen molar-refractivity contribution in [1.82, 2.24) is 16.0 Å². The van der Waals surface area contributed by atoms with E-state index < -0.39 is 69.5 Å². The molecule has 0 spiro atoms. The molecule has 0 radical (unpaired) electrons. The quantitative estimate of drug-likeness (QED) is 0.247. The number of rotatable bonds is 8. The zero-order valence-electron chi connectivity index (χ0n) is 20.2. The molecular formula is C24H24F3IN4O6S. The van der Waals surface area contributed by atoms with Gasteiger partial charge in [0.25, 0.3) is 17.6 Å². The fourth-order valence-corrected chi connectivity index (χ4v) is 5.10. The molecule has 1 aliphatic carbocycles. The number of amides is 3. The number of nitrogens with one attached hydrogen (secondary N) is 3. The second-order valence-electron chi connectivity index (χ2n) is 8.81. The van der Waals surface area contributed by atoms with E-state index in [-0.39, 0.29) is 10.5 Å². The zero-order valence-corrected chi connectivity index (χ0v) is 23.2. The van der Waals surface area contributed by atoms with Crippen molar-refractivity contribution in [3.8, 4) is 0 Å². The number of nitrogens with two attached hydrogens (primary N) is 1. The van der Waals surface area contributed by atoms with Crippen molar-refractivity contribution in [2.24, 2.45) is 5.14 Å². The van der Waals surface area contributed by atoms with Crippen molar-refractivity contribution in [2.75, 3.05) is 6.54 Å². The average molecular weight is 680 g/mol. The van der Waals surface area contributed by atoms with Gasteiger partial charge in [0.2, 0.25) is 15.9 Å². The van der Waals surface area contributed by atoms with Crippen LogP contribution in [-0.2, 0) is 14.8 Å². The van der Waals surface area contributed by atoms with Crippen molar-refractivity contribution in [2.45, 2.75) is 48.8 Å². The molecule has 0 saturated heterocycles. The standard InChI is InChI=1S/C24H24F3IN4O6S/c25-24(26,27)21(34)16-10-7-14(28)11-17(16)23(36)30-12-20(33)31-18-3-1-2-4-19(18)32-22(35)13-5-8-15(9-6-13)39(29,37)38/h5-11,18-19H,1-4,12H2,(H,30,36)(H,31,33)(H,32,35)(H2,29,37,38)/t18-,19+/m1/s1. The highest BCUT2D eigenvalue weighted by atomic mass is 127. The zero-order chi connectivity index (χ0) is 29.0. The fraction of sp³-hybridized carbons (Fsp3) is 0.333. The number of carbonyl (C=O) groups is 4. The Morgan fingerprint density at radius 2 is 1.49 bits per heavy atom. The first-order valence-corrected chi connectivity index (χ1v) is 14.2. The number of hydrogen-bond acceptors (Lipinski definition) is 6. The van der Waals surface area contributed by atoms with E-state index in [1.807, 2.05) is 0 Å². The van der Waals surface area contributed by atoms with Gasteiger partial charge < -0.3 is 16.0 Å². The maximum absolute atomic E-state index is 12.9. The molecule has 2 aromatic rings. The third-order valence-corrected chi connectivity index (χ3v) is 7.61. The summed E-state index contributed by atoms with van der Waals surface area (Å²) in [5, 5.41) is 12.8. The van der Waals surface area contributed by atoms with E-state index in [1.54, 1.807) is 22.6 Å². The lowest BCUT2D eigenvalue weighted by Gasteiger charge is -2.33. The van der Waals surface area contributed by atoms with E-state index >= 15 is 0 Å². The van der Waals surface area contributed by atoms with Crippen LogP contribution >= 0.6 is 22.6 Å². The molecule has 5 N–H and O–H groups in total. The largest absolute Gasteiger partial charge is 0.454 e. The Morgan fingerprint density at radius 1 is 0.897 bits per heavy atom. The lowest BCUT2D eigenvalue weighted by atomic mass is 9.90. The minimum Gasteiger partial charge on any atom is -0.350 e. The number of alkyl halides is 3. The van der Waals surface area contributed by atoms with Gasteiger partial charge in [-0.15, -0.1) is 0 Å². The molecule has 3 amide bonds. The molecule has 1 aliphatic rings. The number of primary sulfonamides is 1. The summed E-state index contributed by atoms with van der Waals surface area (Å²) in [6.07, 6.45) is -2.57. The van der Waals surface area contributed by atoms with Crippen molar-refractivity contribution in [3.63, 3.8) is 0 Å². The second kappa shape index (κ2) is 12.4. The lowest BCUT2D eigenvalue weighted by Crippen LogP contribution is -2.54. The molecule has 2 aromatic carbocycles. The molecule has 0 aromatic heterocycles. The topological polar surface area (TPSA) is 165 Å². The number of halogens is 4. The minimum absolute atomic E-state index is 0.149. The summed E-state index contributed by atoms with van der Waals surface area (Å²) in [7, 11) is -3.92. The van der Waals surface area contributed by atoms with E-state index in [0.29, 0.717) is 16.4 Å². The van der Waals surface area contributed by atoms with E-state index in [4.69, 9.17) is 5.14 Å². The Bertz CT molecular complexity index is 1380. The van der Waals surface area contributed by atoms with Gasteiger partial charge >= 0.3 is 6.18 Å². The number of sulfonamides is 1. The molecule has 15 heteroatoms. The van der Waals surface area contributed by atoms with Crippen LogP contribution in [0.25, 0.3) is 0 Å². The molecule has 3 rings (SSSR count). The summed E-state index contributed by atoms with van der Waals surface area (Å²) >= 11 is 1.78. The molecule has 1 saturated carbocycles. The number of benzene rings is 2. The van der Waals surface area contributed by atoms with Crippen LogP contribution in [0.3, 0.4) is 0 Å². The van der Waals surface area contributed by atoms with Crippen molar-refractivity contribution >= 4 is 56.1 Å². The molecule has 0 unspecified atom stereocenters. The number of ketones is 1. The van der Waals surface area contributed by atoms with Crippen LogP contribution in [0.1, 0.15) is 56.8 Å². The number of carbonyl (C=O) groups excluding carboxylic acids is 4. The first kappa shape index (κ1) is 30.5. The SMILES string of the molecule is NS(=O)(=O)c1ccc(C(=O)N[C@H]2CCCC[C@H]2NC(=O)CNC(=O)c2cc(I)ccc2C(=O)C(F)(F)F)cc1. The third-order valence-electron chi connectivity index (χ3n) is 6.01. The first-order chi connectivity index (χ1) is 18.2. The van der Waals surface area contributed by atoms with Gasteiger partial charge in [0, 0.05) is 26.8 Å². The molecular weight excluding hydrogens is 656 g/mol. The van der Waals surface area contributed by atoms with Crippen LogP contribution in [0.5, 0.6) is 0 Å². The summed E-state index contributed by atoms with van der Waals surface area (Å²) in [6, 6.07) is 7.36. The van der Waals surface area contributed by atoms with E-state index in [2.05, 4.69) is 16.0 Å². The Morgan fingerprint density at radius 3 is 2.05 bits per heavy atom. The molecule has 210 valence electrons. The maximum atomic E-state index is 12.9. The summed E-state index contributed by atoms with van der Waals surface area (Å²) in [5.74, 6) is -4.32. The van der Waals surface area contributed by atoms with Gasteiger partial charge in [-0.3, -0.25) is 19.2 Å². The molecule has 0 aliphatic heterocycles. The molecule has 0 heterocycles. The van der Waals surface area contributed by atoms with E-state index in [9.17, 15) is 40.8 Å². The highest BCUT2D eigenvalue weighted by Gasteiger charge is 2.41. The normalized spacial score (nSPS) is 17.7. The highest BCUT2D eigenvalue weighted by molar-refractivity contribution is 14.1. The van der Waals surface area contributed by atoms with Crippen molar-refractivity contribution in [1.29, 1.82) is 0 Å². The van der Waals surface area contributed by atoms with Gasteiger partial charge in [0.05, 0.1) is 17.0 Å². The van der Waals surface area contributed by atoms with Crippen LogP contribution in [0.2, 0.25) is 0 Å². The Hall–Kier alpha value is -3.05. The maximum Gasteiger partial charge on any atom is 0.454 e. The van der Waals surface area contributed by atoms with Crippen LogP contribution in [0, 0.1) is 3.57 Å². The molecule has 2 atom stereocenters. The molecule has 1 fully saturated rings. The third kappa shape index (κ3) is 8.22. The summed E-state index contributed by atoms with van der Waals surface area (Å²) in [4.78, 5) is 49.4. The lowest BCUT2D eigenvalue weighted by molar-refractivity contribution is -0.121. The van der Waals surface area contributed by atoms with Gasteiger partial charge in [0.15, 0.2) is 0 Å². The molecule has 39 heavy (non-hydrogen) atoms. The second-order valence-corrected chi connectivity index (χ2v) is 11.6. The smallest absolute Gasteiger partial charge is 0.350 e. The highest BCUT2D eigenvalue weighted by Crippen LogP contribution is 2.25. The van der Waals surface area contributed by atoms with Gasteiger partial charge in [0.1, 0.15) is 0 Å². The van der Waals surface area contributed by atoms with Gasteiger partial charge in [-0.25, -0.2) is 13.6 Å². The summed E-state index contributed by atoms with van der Waals surface area (Å²) in [6.45, 7) is -0.573. The average Bonchev–Trinajstić information content (AvgIpc) is 2.87. The van der Waals surface area contributed by atoms with E-state index in [1.165, 1.54) is 30.3 Å². The van der Waals surface area contributed by atoms with Crippen molar-refractivity contribution < 1.29 is 40.8 Å². The molecule has 10 nitrogen and oxygen atoms in total. The Balaban J connectivity index is 1.62. The van der Waals surface area contributed by atoms with Crippen molar-refractivity contribution in [3.05, 3.63) is 62.7 Å². The predicted molar refractivity (Wildman–Crippen MR) is 141 cm³/mol. The summed E-state index contributed by atoms with van der Waals surface area (Å²) in [5.41, 5.74) is -1.15. The fourth-order valence-electron chi connectivity index (χ4n) is 4.09.